The molecule has 0 bridgehead atoms. The number of hydrogen-bond acceptors (Lipinski definition) is 3. The largest absolute Gasteiger partial charge is 0.327 e. The Kier molecular flexibility index (Phi) is 5.76. The van der Waals surface area contributed by atoms with Crippen LogP contribution in [0.1, 0.15) is 31.7 Å². The second-order valence-electron chi connectivity index (χ2n) is 4.52. The fourth-order valence-corrected chi connectivity index (χ4v) is 3.09. The van der Waals surface area contributed by atoms with E-state index < -0.39 is 0 Å². The van der Waals surface area contributed by atoms with Crippen LogP contribution < -0.4 is 5.73 Å². The van der Waals surface area contributed by atoms with Crippen molar-refractivity contribution in [2.75, 3.05) is 6.54 Å². The zero-order valence-corrected chi connectivity index (χ0v) is 11.4. The quantitative estimate of drug-likeness (QED) is 0.906. The molecule has 1 aromatic rings. The van der Waals surface area contributed by atoms with Crippen LogP contribution in [0.15, 0.2) is 16.8 Å². The molecule has 0 amide bonds. The summed E-state index contributed by atoms with van der Waals surface area (Å²) in [5, 5.41) is 4.40. The summed E-state index contributed by atoms with van der Waals surface area (Å²) in [4.78, 5) is 2.55. The molecule has 1 saturated heterocycles. The maximum absolute atomic E-state index is 6.05. The van der Waals surface area contributed by atoms with Gasteiger partial charge < -0.3 is 5.73 Å². The van der Waals surface area contributed by atoms with Crippen molar-refractivity contribution in [1.82, 2.24) is 4.90 Å². The number of thiophene rings is 1. The topological polar surface area (TPSA) is 29.3 Å². The minimum atomic E-state index is 0. The molecule has 1 aliphatic rings. The Balaban J connectivity index is 0.00000128. The first-order chi connectivity index (χ1) is 7.27. The standard InChI is InChI=1S/C12H20N2S.ClH/c1-10(13)12-4-2-3-6-14(12)8-11-5-7-15-9-11;/h5,7,9-10,12H,2-4,6,8,13H2,1H3;1H. The van der Waals surface area contributed by atoms with Gasteiger partial charge in [-0.2, -0.15) is 11.3 Å². The maximum atomic E-state index is 6.05. The molecular weight excluding hydrogens is 240 g/mol. The van der Waals surface area contributed by atoms with Gasteiger partial charge in [0.15, 0.2) is 0 Å². The van der Waals surface area contributed by atoms with Crippen molar-refractivity contribution in [3.05, 3.63) is 22.4 Å². The molecule has 2 rings (SSSR count). The molecule has 16 heavy (non-hydrogen) atoms. The van der Waals surface area contributed by atoms with Gasteiger partial charge in [-0.1, -0.05) is 6.42 Å². The van der Waals surface area contributed by atoms with E-state index in [9.17, 15) is 0 Å². The van der Waals surface area contributed by atoms with E-state index in [4.69, 9.17) is 5.73 Å². The summed E-state index contributed by atoms with van der Waals surface area (Å²) < 4.78 is 0. The Morgan fingerprint density at radius 1 is 1.56 bits per heavy atom. The van der Waals surface area contributed by atoms with Gasteiger partial charge in [0.05, 0.1) is 0 Å². The molecule has 2 N–H and O–H groups in total. The van der Waals surface area contributed by atoms with E-state index in [2.05, 4.69) is 28.7 Å². The average Bonchev–Trinajstić information content (AvgIpc) is 2.71. The monoisotopic (exact) mass is 260 g/mol. The van der Waals surface area contributed by atoms with Crippen LogP contribution in [0.2, 0.25) is 0 Å². The Morgan fingerprint density at radius 2 is 2.38 bits per heavy atom. The van der Waals surface area contributed by atoms with Gasteiger partial charge in [0, 0.05) is 18.6 Å². The highest BCUT2D eigenvalue weighted by molar-refractivity contribution is 7.07. The smallest absolute Gasteiger partial charge is 0.0248 e. The van der Waals surface area contributed by atoms with Gasteiger partial charge >= 0.3 is 0 Å². The lowest BCUT2D eigenvalue weighted by molar-refractivity contribution is 0.123. The molecule has 2 unspecified atom stereocenters. The highest BCUT2D eigenvalue weighted by Gasteiger charge is 2.25. The maximum Gasteiger partial charge on any atom is 0.0248 e. The van der Waals surface area contributed by atoms with Gasteiger partial charge in [-0.05, 0) is 48.7 Å². The van der Waals surface area contributed by atoms with E-state index in [1.54, 1.807) is 11.3 Å². The predicted molar refractivity (Wildman–Crippen MR) is 73.3 cm³/mol. The molecule has 0 radical (unpaired) electrons. The number of nitrogens with zero attached hydrogens (tertiary/aromatic N) is 1. The van der Waals surface area contributed by atoms with E-state index in [-0.39, 0.29) is 12.4 Å². The number of piperidine rings is 1. The molecule has 0 aromatic carbocycles. The van der Waals surface area contributed by atoms with Crippen molar-refractivity contribution in [3.8, 4) is 0 Å². The number of hydrogen-bond donors (Lipinski definition) is 1. The second-order valence-corrected chi connectivity index (χ2v) is 5.30. The summed E-state index contributed by atoms with van der Waals surface area (Å²) in [6.07, 6.45) is 3.93. The summed E-state index contributed by atoms with van der Waals surface area (Å²) in [7, 11) is 0. The van der Waals surface area contributed by atoms with E-state index in [1.165, 1.54) is 31.4 Å². The van der Waals surface area contributed by atoms with Crippen LogP contribution >= 0.6 is 23.7 Å². The van der Waals surface area contributed by atoms with Crippen molar-refractivity contribution < 1.29 is 0 Å². The molecule has 2 atom stereocenters. The zero-order chi connectivity index (χ0) is 10.7. The van der Waals surface area contributed by atoms with Crippen molar-refractivity contribution >= 4 is 23.7 Å². The number of nitrogens with two attached hydrogens (primary N) is 1. The molecule has 1 aliphatic heterocycles. The van der Waals surface area contributed by atoms with Gasteiger partial charge in [0.1, 0.15) is 0 Å². The molecule has 1 fully saturated rings. The van der Waals surface area contributed by atoms with E-state index >= 15 is 0 Å². The average molecular weight is 261 g/mol. The highest BCUT2D eigenvalue weighted by Crippen LogP contribution is 2.21. The molecule has 0 saturated carbocycles. The van der Waals surface area contributed by atoms with E-state index in [0.29, 0.717) is 12.1 Å². The zero-order valence-electron chi connectivity index (χ0n) is 9.76. The second kappa shape index (κ2) is 6.60. The van der Waals surface area contributed by atoms with Crippen molar-refractivity contribution in [1.29, 1.82) is 0 Å². The SMILES string of the molecule is CC(N)C1CCCCN1Cc1ccsc1.Cl. The molecular formula is C12H21ClN2S. The molecule has 2 heterocycles. The van der Waals surface area contributed by atoms with Gasteiger partial charge in [-0.15, -0.1) is 12.4 Å². The summed E-state index contributed by atoms with van der Waals surface area (Å²) in [6, 6.07) is 3.10. The Morgan fingerprint density at radius 3 is 3.00 bits per heavy atom. The van der Waals surface area contributed by atoms with Crippen LogP contribution in [-0.2, 0) is 6.54 Å². The van der Waals surface area contributed by atoms with Crippen LogP contribution in [0, 0.1) is 0 Å². The number of likely N-dealkylation sites (tertiary alicyclic amines) is 1. The highest BCUT2D eigenvalue weighted by atomic mass is 35.5. The van der Waals surface area contributed by atoms with Gasteiger partial charge in [0.25, 0.3) is 0 Å². The lowest BCUT2D eigenvalue weighted by atomic mass is 9.96. The van der Waals surface area contributed by atoms with Crippen LogP contribution in [0.3, 0.4) is 0 Å². The summed E-state index contributed by atoms with van der Waals surface area (Å²) in [6.45, 7) is 4.42. The Labute approximate surface area is 108 Å². The van der Waals surface area contributed by atoms with E-state index in [0.717, 1.165) is 6.54 Å². The normalized spacial score (nSPS) is 23.8. The Bertz CT molecular complexity index is 287. The fourth-order valence-electron chi connectivity index (χ4n) is 2.43. The first-order valence-corrected chi connectivity index (χ1v) is 6.72. The van der Waals surface area contributed by atoms with Gasteiger partial charge in [-0.3, -0.25) is 4.90 Å². The molecule has 92 valence electrons. The Hall–Kier alpha value is -0.0900. The molecule has 4 heteroatoms. The first kappa shape index (κ1) is 14.0. The lowest BCUT2D eigenvalue weighted by Crippen LogP contribution is -2.48. The summed E-state index contributed by atoms with van der Waals surface area (Å²) in [5.74, 6) is 0. The van der Waals surface area contributed by atoms with Crippen LogP contribution in [0.25, 0.3) is 0 Å². The van der Waals surface area contributed by atoms with Crippen molar-refractivity contribution in [2.24, 2.45) is 5.73 Å². The fraction of sp³-hybridized carbons (Fsp3) is 0.667. The molecule has 1 aromatic heterocycles. The third kappa shape index (κ3) is 3.45. The van der Waals surface area contributed by atoms with Gasteiger partial charge in [0.2, 0.25) is 0 Å². The third-order valence-electron chi connectivity index (χ3n) is 3.24. The molecule has 0 spiro atoms. The van der Waals surface area contributed by atoms with Gasteiger partial charge in [-0.25, -0.2) is 0 Å². The van der Waals surface area contributed by atoms with Crippen molar-refractivity contribution in [3.63, 3.8) is 0 Å². The van der Waals surface area contributed by atoms with E-state index in [1.807, 2.05) is 0 Å². The van der Waals surface area contributed by atoms with Crippen LogP contribution in [-0.4, -0.2) is 23.5 Å². The minimum Gasteiger partial charge on any atom is -0.327 e. The third-order valence-corrected chi connectivity index (χ3v) is 3.97. The number of rotatable bonds is 3. The first-order valence-electron chi connectivity index (χ1n) is 5.78. The van der Waals surface area contributed by atoms with Crippen molar-refractivity contribution in [2.45, 2.75) is 44.8 Å². The molecule has 0 aliphatic carbocycles. The van der Waals surface area contributed by atoms with Crippen LogP contribution in [0.5, 0.6) is 0 Å². The number of halogens is 1. The lowest BCUT2D eigenvalue weighted by Gasteiger charge is -2.37. The predicted octanol–water partition coefficient (Wildman–Crippen LogP) is 2.87. The van der Waals surface area contributed by atoms with Crippen LogP contribution in [0.4, 0.5) is 0 Å². The summed E-state index contributed by atoms with van der Waals surface area (Å²) >= 11 is 1.78. The molecule has 2 nitrogen and oxygen atoms in total. The minimum absolute atomic E-state index is 0. The summed E-state index contributed by atoms with van der Waals surface area (Å²) in [5.41, 5.74) is 7.48.